The Balaban J connectivity index is 2.31. The van der Waals surface area contributed by atoms with E-state index in [9.17, 15) is 0 Å². The SMILES string of the molecule is CC1(c2c[c]ccn2)NC=CS1. The van der Waals surface area contributed by atoms with Gasteiger partial charge in [0.15, 0.2) is 0 Å². The first kappa shape index (κ1) is 7.68. The molecule has 0 saturated heterocycles. The number of pyridine rings is 1. The summed E-state index contributed by atoms with van der Waals surface area (Å²) in [4.78, 5) is 4.18. The lowest BCUT2D eigenvalue weighted by Crippen LogP contribution is -2.29. The fraction of sp³-hybridized carbons (Fsp3) is 0.222. The van der Waals surface area contributed by atoms with E-state index in [0.717, 1.165) is 5.69 Å². The van der Waals surface area contributed by atoms with Crippen LogP contribution in [0, 0.1) is 6.07 Å². The van der Waals surface area contributed by atoms with Gasteiger partial charge in [-0.2, -0.15) is 0 Å². The zero-order valence-electron chi connectivity index (χ0n) is 6.74. The normalized spacial score (nSPS) is 27.1. The highest BCUT2D eigenvalue weighted by molar-refractivity contribution is 8.03. The minimum atomic E-state index is -0.0994. The molecule has 2 nitrogen and oxygen atoms in total. The lowest BCUT2D eigenvalue weighted by Gasteiger charge is -2.22. The molecular weight excluding hydrogens is 168 g/mol. The van der Waals surface area contributed by atoms with Crippen LogP contribution in [0.4, 0.5) is 0 Å². The van der Waals surface area contributed by atoms with E-state index < -0.39 is 0 Å². The fourth-order valence-corrected chi connectivity index (χ4v) is 1.89. The molecule has 0 aliphatic carbocycles. The van der Waals surface area contributed by atoms with Gasteiger partial charge in [-0.25, -0.2) is 0 Å². The van der Waals surface area contributed by atoms with Crippen LogP contribution in [0.15, 0.2) is 29.9 Å². The van der Waals surface area contributed by atoms with Gasteiger partial charge in [-0.15, -0.1) is 0 Å². The number of nitrogens with zero attached hydrogens (tertiary/aromatic N) is 1. The highest BCUT2D eigenvalue weighted by Gasteiger charge is 2.28. The molecule has 0 bridgehead atoms. The summed E-state index contributed by atoms with van der Waals surface area (Å²) in [6.45, 7) is 2.10. The van der Waals surface area contributed by atoms with Crippen LogP contribution in [0.5, 0.6) is 0 Å². The van der Waals surface area contributed by atoms with Crippen molar-refractivity contribution >= 4 is 11.8 Å². The van der Waals surface area contributed by atoms with E-state index in [1.807, 2.05) is 17.7 Å². The fourth-order valence-electron chi connectivity index (χ4n) is 1.12. The van der Waals surface area contributed by atoms with Crippen molar-refractivity contribution in [3.05, 3.63) is 41.7 Å². The monoisotopic (exact) mass is 177 g/mol. The molecule has 1 aromatic rings. The van der Waals surface area contributed by atoms with E-state index in [0.29, 0.717) is 0 Å². The molecule has 1 aliphatic rings. The van der Waals surface area contributed by atoms with Crippen molar-refractivity contribution in [3.8, 4) is 0 Å². The van der Waals surface area contributed by atoms with E-state index >= 15 is 0 Å². The van der Waals surface area contributed by atoms with Crippen LogP contribution in [-0.4, -0.2) is 4.98 Å². The Hall–Kier alpha value is -0.960. The third-order valence-electron chi connectivity index (χ3n) is 1.82. The van der Waals surface area contributed by atoms with Crippen LogP contribution in [0.1, 0.15) is 12.6 Å². The molecule has 0 spiro atoms. The van der Waals surface area contributed by atoms with E-state index in [1.165, 1.54) is 0 Å². The second kappa shape index (κ2) is 2.83. The third-order valence-corrected chi connectivity index (χ3v) is 2.89. The standard InChI is InChI=1S/C9H9N2S/c1-9(11-6-7-12-9)8-4-2-3-5-10-8/h3-7,11H,1H3. The first-order valence-corrected chi connectivity index (χ1v) is 4.62. The summed E-state index contributed by atoms with van der Waals surface area (Å²) >= 11 is 1.72. The molecular formula is C9H9N2S. The zero-order valence-corrected chi connectivity index (χ0v) is 7.56. The minimum Gasteiger partial charge on any atom is -0.371 e. The van der Waals surface area contributed by atoms with E-state index in [-0.39, 0.29) is 4.87 Å². The van der Waals surface area contributed by atoms with Crippen LogP contribution in [0.25, 0.3) is 0 Å². The zero-order chi connectivity index (χ0) is 8.44. The summed E-state index contributed by atoms with van der Waals surface area (Å²) in [7, 11) is 0. The van der Waals surface area contributed by atoms with Gasteiger partial charge in [0.1, 0.15) is 4.87 Å². The Morgan fingerprint density at radius 3 is 3.17 bits per heavy atom. The lowest BCUT2D eigenvalue weighted by molar-refractivity contribution is 0.611. The van der Waals surface area contributed by atoms with Gasteiger partial charge in [-0.3, -0.25) is 4.98 Å². The number of rotatable bonds is 1. The molecule has 1 atom stereocenters. The van der Waals surface area contributed by atoms with Crippen LogP contribution in [-0.2, 0) is 4.87 Å². The second-order valence-corrected chi connectivity index (χ2v) is 4.06. The predicted molar refractivity (Wildman–Crippen MR) is 50.3 cm³/mol. The largest absolute Gasteiger partial charge is 0.371 e. The Kier molecular flexibility index (Phi) is 1.81. The Morgan fingerprint density at radius 1 is 1.67 bits per heavy atom. The van der Waals surface area contributed by atoms with Gasteiger partial charge >= 0.3 is 0 Å². The molecule has 1 unspecified atom stereocenters. The first-order valence-electron chi connectivity index (χ1n) is 3.74. The van der Waals surface area contributed by atoms with E-state index in [1.54, 1.807) is 24.0 Å². The lowest BCUT2D eigenvalue weighted by atomic mass is 10.2. The summed E-state index contributed by atoms with van der Waals surface area (Å²) < 4.78 is 0. The summed E-state index contributed by atoms with van der Waals surface area (Å²) in [5.74, 6) is 0. The molecule has 1 aromatic heterocycles. The van der Waals surface area contributed by atoms with E-state index in [2.05, 4.69) is 23.3 Å². The van der Waals surface area contributed by atoms with Crippen LogP contribution < -0.4 is 5.32 Å². The van der Waals surface area contributed by atoms with Crippen LogP contribution in [0.3, 0.4) is 0 Å². The quantitative estimate of drug-likeness (QED) is 0.708. The average Bonchev–Trinajstić information content (AvgIpc) is 2.55. The highest BCUT2D eigenvalue weighted by Crippen LogP contribution is 2.36. The molecule has 0 saturated carbocycles. The predicted octanol–water partition coefficient (Wildman–Crippen LogP) is 1.86. The molecule has 0 amide bonds. The topological polar surface area (TPSA) is 24.9 Å². The molecule has 3 heteroatoms. The number of hydrogen-bond donors (Lipinski definition) is 1. The first-order chi connectivity index (χ1) is 5.81. The van der Waals surface area contributed by atoms with Gasteiger partial charge in [-0.1, -0.05) is 11.8 Å². The summed E-state index contributed by atoms with van der Waals surface area (Å²) in [6, 6.07) is 6.73. The van der Waals surface area contributed by atoms with Gasteiger partial charge in [0.2, 0.25) is 0 Å². The molecule has 1 radical (unpaired) electrons. The smallest absolute Gasteiger partial charge is 0.127 e. The van der Waals surface area contributed by atoms with Gasteiger partial charge in [0.05, 0.1) is 5.69 Å². The van der Waals surface area contributed by atoms with Gasteiger partial charge in [-0.05, 0) is 30.5 Å². The Bertz CT molecular complexity index is 287. The van der Waals surface area contributed by atoms with Crippen LogP contribution in [0.2, 0.25) is 0 Å². The molecule has 1 aliphatic heterocycles. The third kappa shape index (κ3) is 1.20. The van der Waals surface area contributed by atoms with Crippen LogP contribution >= 0.6 is 11.8 Å². The average molecular weight is 177 g/mol. The van der Waals surface area contributed by atoms with Gasteiger partial charge in [0, 0.05) is 12.4 Å². The van der Waals surface area contributed by atoms with Crippen molar-refractivity contribution in [2.24, 2.45) is 0 Å². The van der Waals surface area contributed by atoms with Crippen molar-refractivity contribution in [2.75, 3.05) is 0 Å². The van der Waals surface area contributed by atoms with Crippen molar-refractivity contribution < 1.29 is 0 Å². The van der Waals surface area contributed by atoms with Gasteiger partial charge in [0.25, 0.3) is 0 Å². The maximum absolute atomic E-state index is 4.28. The summed E-state index contributed by atoms with van der Waals surface area (Å²) in [5.41, 5.74) is 1.01. The highest BCUT2D eigenvalue weighted by atomic mass is 32.2. The van der Waals surface area contributed by atoms with Crippen molar-refractivity contribution in [1.82, 2.24) is 10.3 Å². The minimum absolute atomic E-state index is 0.0994. The van der Waals surface area contributed by atoms with Crippen molar-refractivity contribution in [2.45, 2.75) is 11.8 Å². The Morgan fingerprint density at radius 2 is 2.58 bits per heavy atom. The number of nitrogens with one attached hydrogen (secondary N) is 1. The molecule has 1 N–H and O–H groups in total. The molecule has 0 fully saturated rings. The molecule has 2 heterocycles. The van der Waals surface area contributed by atoms with Crippen molar-refractivity contribution in [1.29, 1.82) is 0 Å². The maximum atomic E-state index is 4.28. The molecule has 0 aromatic carbocycles. The Labute approximate surface area is 76.1 Å². The molecule has 2 rings (SSSR count). The summed E-state index contributed by atoms with van der Waals surface area (Å²) in [6.07, 6.45) is 3.71. The molecule has 12 heavy (non-hydrogen) atoms. The van der Waals surface area contributed by atoms with Crippen molar-refractivity contribution in [3.63, 3.8) is 0 Å². The summed E-state index contributed by atoms with van der Waals surface area (Å²) in [5, 5.41) is 5.29. The van der Waals surface area contributed by atoms with Gasteiger partial charge < -0.3 is 5.32 Å². The number of hydrogen-bond acceptors (Lipinski definition) is 3. The molecule has 61 valence electrons. The maximum Gasteiger partial charge on any atom is 0.127 e. The number of aromatic nitrogens is 1. The number of thioether (sulfide) groups is 1. The second-order valence-electron chi connectivity index (χ2n) is 2.74. The van der Waals surface area contributed by atoms with E-state index in [4.69, 9.17) is 0 Å².